The lowest BCUT2D eigenvalue weighted by Crippen LogP contribution is -2.23. The van der Waals surface area contributed by atoms with Gasteiger partial charge in [-0.1, -0.05) is 48.0 Å². The van der Waals surface area contributed by atoms with Gasteiger partial charge in [-0.05, 0) is 24.6 Å². The minimum Gasteiger partial charge on any atom is -0.347 e. The highest BCUT2D eigenvalue weighted by atomic mass is 32.2. The van der Waals surface area contributed by atoms with Gasteiger partial charge in [0, 0.05) is 12.4 Å². The monoisotopic (exact) mass is 354 g/mol. The fraction of sp³-hybridized carbons (Fsp3) is 0.158. The number of carbonyl (C=O) groups excluding carboxylic acids is 1. The van der Waals surface area contributed by atoms with E-state index < -0.39 is 21.0 Å². The molecule has 0 bridgehead atoms. The topological polar surface area (TPSA) is 79.9 Å². The molecule has 1 aromatic heterocycles. The maximum Gasteiger partial charge on any atom is 0.189 e. The van der Waals surface area contributed by atoms with E-state index >= 15 is 0 Å². The van der Waals surface area contributed by atoms with Crippen LogP contribution in [0.15, 0.2) is 71.9 Å². The van der Waals surface area contributed by atoms with Crippen LogP contribution in [0.5, 0.6) is 0 Å². The van der Waals surface area contributed by atoms with Crippen LogP contribution >= 0.6 is 0 Å². The van der Waals surface area contributed by atoms with Crippen LogP contribution in [0.4, 0.5) is 0 Å². The van der Waals surface area contributed by atoms with E-state index in [-0.39, 0.29) is 10.7 Å². The molecule has 0 aliphatic rings. The zero-order valence-corrected chi connectivity index (χ0v) is 14.5. The first-order valence-electron chi connectivity index (χ1n) is 7.84. The van der Waals surface area contributed by atoms with Crippen LogP contribution in [0.3, 0.4) is 0 Å². The van der Waals surface area contributed by atoms with Crippen LogP contribution in [0.25, 0.3) is 0 Å². The van der Waals surface area contributed by atoms with Gasteiger partial charge >= 0.3 is 0 Å². The number of carbonyl (C=O) groups is 1. The van der Waals surface area contributed by atoms with E-state index in [0.717, 1.165) is 5.56 Å². The van der Waals surface area contributed by atoms with E-state index in [9.17, 15) is 13.2 Å². The molecule has 1 heterocycles. The third-order valence-corrected chi connectivity index (χ3v) is 6.24. The van der Waals surface area contributed by atoms with Gasteiger partial charge < -0.3 is 9.78 Å². The summed E-state index contributed by atoms with van der Waals surface area (Å²) in [4.78, 5) is 19.0. The summed E-state index contributed by atoms with van der Waals surface area (Å²) >= 11 is 0. The third-order valence-electron chi connectivity index (χ3n) is 4.13. The largest absolute Gasteiger partial charge is 0.347 e. The van der Waals surface area contributed by atoms with Crippen LogP contribution < -0.4 is 0 Å². The number of aldehydes is 1. The van der Waals surface area contributed by atoms with Crippen molar-refractivity contribution in [3.05, 3.63) is 83.9 Å². The molecule has 2 atom stereocenters. The van der Waals surface area contributed by atoms with Crippen molar-refractivity contribution in [1.82, 2.24) is 9.97 Å². The minimum absolute atomic E-state index is 0.169. The van der Waals surface area contributed by atoms with Crippen LogP contribution in [0, 0.1) is 6.92 Å². The zero-order chi connectivity index (χ0) is 17.9. The summed E-state index contributed by atoms with van der Waals surface area (Å²) in [5.41, 5.74) is 1.60. The van der Waals surface area contributed by atoms with Gasteiger partial charge in [-0.15, -0.1) is 0 Å². The van der Waals surface area contributed by atoms with Crippen molar-refractivity contribution in [2.75, 3.05) is 0 Å². The van der Waals surface area contributed by atoms with E-state index in [1.807, 2.05) is 13.0 Å². The Morgan fingerprint density at radius 1 is 1.04 bits per heavy atom. The molecular weight excluding hydrogens is 336 g/mol. The van der Waals surface area contributed by atoms with Crippen molar-refractivity contribution in [3.8, 4) is 0 Å². The molecule has 5 nitrogen and oxygen atoms in total. The van der Waals surface area contributed by atoms with Crippen LogP contribution in [-0.4, -0.2) is 24.7 Å². The molecule has 3 rings (SSSR count). The molecule has 0 radical (unpaired) electrons. The Hall–Kier alpha value is -2.73. The van der Waals surface area contributed by atoms with Gasteiger partial charge in [0.15, 0.2) is 9.84 Å². The molecule has 6 heteroatoms. The van der Waals surface area contributed by atoms with E-state index in [1.54, 1.807) is 54.7 Å². The first kappa shape index (κ1) is 17.1. The number of aromatic amines is 1. The van der Waals surface area contributed by atoms with Crippen molar-refractivity contribution in [2.45, 2.75) is 23.0 Å². The summed E-state index contributed by atoms with van der Waals surface area (Å²) in [5.74, 6) is -0.611. The van der Waals surface area contributed by atoms with Gasteiger partial charge in [-0.2, -0.15) is 0 Å². The summed E-state index contributed by atoms with van der Waals surface area (Å²) in [6.45, 7) is 1.89. The highest BCUT2D eigenvalue weighted by molar-refractivity contribution is 7.91. The van der Waals surface area contributed by atoms with E-state index in [1.165, 1.54) is 6.20 Å². The lowest BCUT2D eigenvalue weighted by atomic mass is 9.96. The molecule has 128 valence electrons. The SMILES string of the molecule is Cc1ccc(S(=O)(=O)C(c2ncc[nH]2)C(C=O)c2ccccc2)cc1. The highest BCUT2D eigenvalue weighted by Gasteiger charge is 2.38. The molecular formula is C19H18N2O3S. The average molecular weight is 354 g/mol. The summed E-state index contributed by atoms with van der Waals surface area (Å²) in [7, 11) is -3.83. The smallest absolute Gasteiger partial charge is 0.189 e. The fourth-order valence-electron chi connectivity index (χ4n) is 2.82. The Bertz CT molecular complexity index is 934. The second-order valence-corrected chi connectivity index (χ2v) is 7.89. The minimum atomic E-state index is -3.83. The summed E-state index contributed by atoms with van der Waals surface area (Å²) < 4.78 is 26.6. The molecule has 0 amide bonds. The molecule has 0 saturated heterocycles. The number of nitrogens with zero attached hydrogens (tertiary/aromatic N) is 1. The summed E-state index contributed by atoms with van der Waals surface area (Å²) in [5, 5.41) is -1.12. The van der Waals surface area contributed by atoms with Gasteiger partial charge in [0.05, 0.1) is 10.8 Å². The fourth-order valence-corrected chi connectivity index (χ4v) is 4.66. The van der Waals surface area contributed by atoms with Crippen molar-refractivity contribution in [3.63, 3.8) is 0 Å². The molecule has 3 aromatic rings. The number of hydrogen-bond donors (Lipinski definition) is 1. The second kappa shape index (κ2) is 7.03. The quantitative estimate of drug-likeness (QED) is 0.689. The van der Waals surface area contributed by atoms with Crippen molar-refractivity contribution in [2.24, 2.45) is 0 Å². The number of H-pyrrole nitrogens is 1. The normalized spacial score (nSPS) is 14.0. The van der Waals surface area contributed by atoms with Crippen LogP contribution in [0.2, 0.25) is 0 Å². The maximum absolute atomic E-state index is 13.3. The number of imidazole rings is 1. The summed E-state index contributed by atoms with van der Waals surface area (Å²) in [6.07, 6.45) is 3.72. The number of benzene rings is 2. The number of nitrogens with one attached hydrogen (secondary N) is 1. The lowest BCUT2D eigenvalue weighted by molar-refractivity contribution is -0.109. The van der Waals surface area contributed by atoms with Gasteiger partial charge in [0.25, 0.3) is 0 Å². The predicted octanol–water partition coefficient (Wildman–Crippen LogP) is 3.22. The predicted molar refractivity (Wildman–Crippen MR) is 94.9 cm³/mol. The Morgan fingerprint density at radius 2 is 1.72 bits per heavy atom. The summed E-state index contributed by atoms with van der Waals surface area (Å²) in [6, 6.07) is 15.5. The molecule has 1 N–H and O–H groups in total. The van der Waals surface area contributed by atoms with Crippen LogP contribution in [-0.2, 0) is 14.6 Å². The number of aromatic nitrogens is 2. The molecule has 25 heavy (non-hydrogen) atoms. The van der Waals surface area contributed by atoms with E-state index in [2.05, 4.69) is 9.97 Å². The van der Waals surface area contributed by atoms with Gasteiger partial charge in [0.1, 0.15) is 17.4 Å². The van der Waals surface area contributed by atoms with Gasteiger partial charge in [-0.25, -0.2) is 13.4 Å². The molecule has 0 aliphatic heterocycles. The van der Waals surface area contributed by atoms with Crippen LogP contribution in [0.1, 0.15) is 28.1 Å². The molecule has 0 fully saturated rings. The Balaban J connectivity index is 2.15. The first-order chi connectivity index (χ1) is 12.0. The molecule has 0 saturated carbocycles. The Labute approximate surface area is 146 Å². The highest BCUT2D eigenvalue weighted by Crippen LogP contribution is 2.38. The van der Waals surface area contributed by atoms with Crippen molar-refractivity contribution < 1.29 is 13.2 Å². The molecule has 2 unspecified atom stereocenters. The van der Waals surface area contributed by atoms with Crippen molar-refractivity contribution >= 4 is 16.1 Å². The Kier molecular flexibility index (Phi) is 4.81. The number of hydrogen-bond acceptors (Lipinski definition) is 4. The Morgan fingerprint density at radius 3 is 2.28 bits per heavy atom. The van der Waals surface area contributed by atoms with Crippen molar-refractivity contribution in [1.29, 1.82) is 0 Å². The molecule has 0 spiro atoms. The van der Waals surface area contributed by atoms with E-state index in [4.69, 9.17) is 0 Å². The second-order valence-electron chi connectivity index (χ2n) is 5.83. The average Bonchev–Trinajstić information content (AvgIpc) is 3.14. The molecule has 2 aromatic carbocycles. The van der Waals surface area contributed by atoms with Gasteiger partial charge in [0.2, 0.25) is 0 Å². The third kappa shape index (κ3) is 3.39. The number of rotatable bonds is 6. The molecule has 0 aliphatic carbocycles. The van der Waals surface area contributed by atoms with Gasteiger partial charge in [-0.3, -0.25) is 0 Å². The number of sulfone groups is 1. The lowest BCUT2D eigenvalue weighted by Gasteiger charge is -2.22. The standard InChI is InChI=1S/C19H18N2O3S/c1-14-7-9-16(10-8-14)25(23,24)18(19-20-11-12-21-19)17(13-22)15-5-3-2-4-6-15/h2-13,17-18H,1H3,(H,20,21). The number of aryl methyl sites for hydroxylation is 1. The first-order valence-corrected chi connectivity index (χ1v) is 9.39. The maximum atomic E-state index is 13.3. The zero-order valence-electron chi connectivity index (χ0n) is 13.7. The van der Waals surface area contributed by atoms with E-state index in [0.29, 0.717) is 11.8 Å².